The van der Waals surface area contributed by atoms with Crippen LogP contribution >= 0.6 is 0 Å². The molecule has 0 spiro atoms. The van der Waals surface area contributed by atoms with Gasteiger partial charge in [-0.05, 0) is 12.1 Å². The number of anilines is 1. The van der Waals surface area contributed by atoms with E-state index in [1.807, 2.05) is 12.1 Å². The zero-order valence-electron chi connectivity index (χ0n) is 9.45. The Hall–Kier alpha value is -1.13. The SMILES string of the molecule is COCC1CNCCN1c1ccccc1F. The normalized spacial score (nSPS) is 21.1. The Morgan fingerprint density at radius 1 is 1.50 bits per heavy atom. The second-order valence-electron chi connectivity index (χ2n) is 3.96. The van der Waals surface area contributed by atoms with Crippen LogP contribution in [-0.2, 0) is 4.74 Å². The first-order valence-corrected chi connectivity index (χ1v) is 5.53. The van der Waals surface area contributed by atoms with E-state index in [0.717, 1.165) is 19.6 Å². The molecule has 3 nitrogen and oxygen atoms in total. The number of halogens is 1. The minimum Gasteiger partial charge on any atom is -0.383 e. The monoisotopic (exact) mass is 224 g/mol. The van der Waals surface area contributed by atoms with Crippen LogP contribution in [0.4, 0.5) is 10.1 Å². The first kappa shape index (κ1) is 11.4. The molecule has 1 heterocycles. The van der Waals surface area contributed by atoms with Crippen LogP contribution in [0.15, 0.2) is 24.3 Å². The lowest BCUT2D eigenvalue weighted by Crippen LogP contribution is -2.53. The first-order chi connectivity index (χ1) is 7.83. The van der Waals surface area contributed by atoms with Crippen LogP contribution in [-0.4, -0.2) is 39.4 Å². The number of rotatable bonds is 3. The molecule has 1 fully saturated rings. The van der Waals surface area contributed by atoms with Crippen LogP contribution in [0.2, 0.25) is 0 Å². The number of nitrogens with zero attached hydrogens (tertiary/aromatic N) is 1. The van der Waals surface area contributed by atoms with E-state index in [0.29, 0.717) is 12.3 Å². The average molecular weight is 224 g/mol. The lowest BCUT2D eigenvalue weighted by molar-refractivity contribution is 0.170. The highest BCUT2D eigenvalue weighted by Crippen LogP contribution is 2.21. The summed E-state index contributed by atoms with van der Waals surface area (Å²) in [5, 5.41) is 3.29. The quantitative estimate of drug-likeness (QED) is 0.836. The molecule has 1 aromatic rings. The van der Waals surface area contributed by atoms with E-state index in [1.54, 1.807) is 13.2 Å². The number of piperazine rings is 1. The molecule has 1 atom stereocenters. The van der Waals surface area contributed by atoms with Gasteiger partial charge >= 0.3 is 0 Å². The highest BCUT2D eigenvalue weighted by atomic mass is 19.1. The van der Waals surface area contributed by atoms with E-state index in [9.17, 15) is 4.39 Å². The van der Waals surface area contributed by atoms with Crippen molar-refractivity contribution >= 4 is 5.69 Å². The number of hydrogen-bond donors (Lipinski definition) is 1. The summed E-state index contributed by atoms with van der Waals surface area (Å²) >= 11 is 0. The van der Waals surface area contributed by atoms with Crippen molar-refractivity contribution in [3.63, 3.8) is 0 Å². The Morgan fingerprint density at radius 2 is 2.31 bits per heavy atom. The van der Waals surface area contributed by atoms with Gasteiger partial charge in [0, 0.05) is 26.7 Å². The number of nitrogens with one attached hydrogen (secondary N) is 1. The summed E-state index contributed by atoms with van der Waals surface area (Å²) in [6.07, 6.45) is 0. The molecule has 1 unspecified atom stereocenters. The van der Waals surface area contributed by atoms with E-state index < -0.39 is 0 Å². The topological polar surface area (TPSA) is 24.5 Å². The summed E-state index contributed by atoms with van der Waals surface area (Å²) < 4.78 is 18.9. The fourth-order valence-electron chi connectivity index (χ4n) is 2.10. The standard InChI is InChI=1S/C12H17FN2O/c1-16-9-10-8-14-6-7-15(10)12-5-3-2-4-11(12)13/h2-5,10,14H,6-9H2,1H3. The smallest absolute Gasteiger partial charge is 0.146 e. The number of hydrogen-bond acceptors (Lipinski definition) is 3. The number of methoxy groups -OCH3 is 1. The summed E-state index contributed by atoms with van der Waals surface area (Å²) in [6, 6.07) is 7.11. The van der Waals surface area contributed by atoms with Crippen LogP contribution in [0, 0.1) is 5.82 Å². The van der Waals surface area contributed by atoms with Gasteiger partial charge in [0.25, 0.3) is 0 Å². The molecule has 0 amide bonds. The van der Waals surface area contributed by atoms with Crippen molar-refractivity contribution in [2.24, 2.45) is 0 Å². The molecule has 16 heavy (non-hydrogen) atoms. The largest absolute Gasteiger partial charge is 0.383 e. The van der Waals surface area contributed by atoms with Gasteiger partial charge in [0.15, 0.2) is 0 Å². The third kappa shape index (κ3) is 2.33. The van der Waals surface area contributed by atoms with Crippen LogP contribution in [0.5, 0.6) is 0 Å². The fraction of sp³-hybridized carbons (Fsp3) is 0.500. The van der Waals surface area contributed by atoms with Gasteiger partial charge in [0.05, 0.1) is 18.3 Å². The predicted molar refractivity (Wildman–Crippen MR) is 62.3 cm³/mol. The molecule has 0 radical (unpaired) electrons. The molecule has 1 aliphatic rings. The Kier molecular flexibility index (Phi) is 3.74. The molecule has 0 bridgehead atoms. The van der Waals surface area contributed by atoms with E-state index in [2.05, 4.69) is 10.2 Å². The minimum atomic E-state index is -0.162. The third-order valence-corrected chi connectivity index (χ3v) is 2.87. The molecule has 1 aromatic carbocycles. The van der Waals surface area contributed by atoms with Crippen LogP contribution in [0.1, 0.15) is 0 Å². The summed E-state index contributed by atoms with van der Waals surface area (Å²) in [5.41, 5.74) is 0.672. The van der Waals surface area contributed by atoms with E-state index in [4.69, 9.17) is 4.74 Å². The molecule has 0 aromatic heterocycles. The molecule has 4 heteroatoms. The molecule has 1 N–H and O–H groups in total. The van der Waals surface area contributed by atoms with Crippen molar-refractivity contribution in [2.75, 3.05) is 38.3 Å². The van der Waals surface area contributed by atoms with Crippen LogP contribution in [0.3, 0.4) is 0 Å². The van der Waals surface area contributed by atoms with Gasteiger partial charge < -0.3 is 15.0 Å². The maximum atomic E-state index is 13.7. The van der Waals surface area contributed by atoms with Crippen LogP contribution < -0.4 is 10.2 Å². The maximum absolute atomic E-state index is 13.7. The number of benzene rings is 1. The first-order valence-electron chi connectivity index (χ1n) is 5.53. The molecular weight excluding hydrogens is 207 g/mol. The fourth-order valence-corrected chi connectivity index (χ4v) is 2.10. The van der Waals surface area contributed by atoms with E-state index in [1.165, 1.54) is 6.07 Å². The number of para-hydroxylation sites is 1. The van der Waals surface area contributed by atoms with E-state index >= 15 is 0 Å². The highest BCUT2D eigenvalue weighted by Gasteiger charge is 2.23. The summed E-state index contributed by atoms with van der Waals surface area (Å²) in [7, 11) is 1.67. The molecule has 2 rings (SSSR count). The van der Waals surface area contributed by atoms with Crippen molar-refractivity contribution in [1.29, 1.82) is 0 Å². The predicted octanol–water partition coefficient (Wildman–Crippen LogP) is 1.25. The van der Waals surface area contributed by atoms with Gasteiger partial charge in [0.1, 0.15) is 5.82 Å². The zero-order valence-corrected chi connectivity index (χ0v) is 9.45. The van der Waals surface area contributed by atoms with Crippen LogP contribution in [0.25, 0.3) is 0 Å². The lowest BCUT2D eigenvalue weighted by atomic mass is 10.1. The second-order valence-corrected chi connectivity index (χ2v) is 3.96. The summed E-state index contributed by atoms with van der Waals surface area (Å²) in [6.45, 7) is 3.15. The molecule has 0 aliphatic carbocycles. The minimum absolute atomic E-state index is 0.162. The Labute approximate surface area is 95.2 Å². The third-order valence-electron chi connectivity index (χ3n) is 2.87. The van der Waals surface area contributed by atoms with Gasteiger partial charge in [-0.3, -0.25) is 0 Å². The second kappa shape index (κ2) is 5.27. The Morgan fingerprint density at radius 3 is 3.06 bits per heavy atom. The van der Waals surface area contributed by atoms with E-state index in [-0.39, 0.29) is 11.9 Å². The molecule has 1 saturated heterocycles. The van der Waals surface area contributed by atoms with Gasteiger partial charge in [-0.1, -0.05) is 12.1 Å². The summed E-state index contributed by atoms with van der Waals surface area (Å²) in [5.74, 6) is -0.162. The van der Waals surface area contributed by atoms with Gasteiger partial charge in [-0.25, -0.2) is 4.39 Å². The molecule has 0 saturated carbocycles. The van der Waals surface area contributed by atoms with Gasteiger partial charge in [-0.15, -0.1) is 0 Å². The lowest BCUT2D eigenvalue weighted by Gasteiger charge is -2.37. The Balaban J connectivity index is 2.19. The average Bonchev–Trinajstić information content (AvgIpc) is 2.31. The van der Waals surface area contributed by atoms with Crippen molar-refractivity contribution < 1.29 is 9.13 Å². The van der Waals surface area contributed by atoms with Crippen molar-refractivity contribution in [3.05, 3.63) is 30.1 Å². The highest BCUT2D eigenvalue weighted by molar-refractivity contribution is 5.49. The van der Waals surface area contributed by atoms with Gasteiger partial charge in [-0.2, -0.15) is 0 Å². The zero-order chi connectivity index (χ0) is 11.4. The van der Waals surface area contributed by atoms with Crippen molar-refractivity contribution in [3.8, 4) is 0 Å². The summed E-state index contributed by atoms with van der Waals surface area (Å²) in [4.78, 5) is 2.08. The maximum Gasteiger partial charge on any atom is 0.146 e. The Bertz CT molecular complexity index is 344. The molecule has 1 aliphatic heterocycles. The van der Waals surface area contributed by atoms with Crippen molar-refractivity contribution in [1.82, 2.24) is 5.32 Å². The molecular formula is C12H17FN2O. The van der Waals surface area contributed by atoms with Crippen molar-refractivity contribution in [2.45, 2.75) is 6.04 Å². The van der Waals surface area contributed by atoms with Gasteiger partial charge in [0.2, 0.25) is 0 Å². The number of ether oxygens (including phenoxy) is 1. The molecule has 88 valence electrons.